The van der Waals surface area contributed by atoms with Crippen LogP contribution in [0.4, 0.5) is 0 Å². The van der Waals surface area contributed by atoms with Gasteiger partial charge in [0, 0.05) is 0 Å². The number of rotatable bonds is 3. The molecule has 0 atom stereocenters. The molecule has 0 aromatic heterocycles. The average molecular weight is 245 g/mol. The first kappa shape index (κ1) is 11.9. The molecule has 0 amide bonds. The summed E-state index contributed by atoms with van der Waals surface area (Å²) in [6.45, 7) is 1.70. The van der Waals surface area contributed by atoms with Crippen molar-refractivity contribution >= 4 is 27.4 Å². The van der Waals surface area contributed by atoms with Gasteiger partial charge in [0.05, 0.1) is 4.90 Å². The van der Waals surface area contributed by atoms with Crippen molar-refractivity contribution in [2.45, 2.75) is 11.8 Å². The van der Waals surface area contributed by atoms with Crippen molar-refractivity contribution < 1.29 is 8.42 Å². The number of aryl methyl sites for hydroxylation is 1. The van der Waals surface area contributed by atoms with E-state index in [0.717, 1.165) is 0 Å². The molecule has 1 rings (SSSR count). The van der Waals surface area contributed by atoms with Crippen LogP contribution in [0.25, 0.3) is 0 Å². The van der Waals surface area contributed by atoms with Crippen LogP contribution in [-0.4, -0.2) is 13.5 Å². The molecule has 7 heteroatoms. The molecule has 0 aliphatic heterocycles. The minimum atomic E-state index is -3.61. The zero-order chi connectivity index (χ0) is 11.5. The molecule has 1 aromatic carbocycles. The van der Waals surface area contributed by atoms with Crippen molar-refractivity contribution in [2.75, 3.05) is 0 Å². The van der Waals surface area contributed by atoms with Gasteiger partial charge in [0.1, 0.15) is 0 Å². The van der Waals surface area contributed by atoms with Crippen LogP contribution in [0.2, 0.25) is 0 Å². The fourth-order valence-electron chi connectivity index (χ4n) is 1.03. The number of benzene rings is 1. The van der Waals surface area contributed by atoms with Crippen LogP contribution in [0.5, 0.6) is 0 Å². The van der Waals surface area contributed by atoms with Crippen molar-refractivity contribution in [1.82, 2.24) is 10.3 Å². The molecule has 5 nitrogen and oxygen atoms in total. The minimum Gasteiger partial charge on any atom is -0.375 e. The van der Waals surface area contributed by atoms with E-state index in [1.807, 2.05) is 0 Å². The summed E-state index contributed by atoms with van der Waals surface area (Å²) in [7, 11) is -3.61. The summed E-state index contributed by atoms with van der Waals surface area (Å²) >= 11 is 4.49. The lowest BCUT2D eigenvalue weighted by Gasteiger charge is -2.09. The molecule has 4 N–H and O–H groups in total. The van der Waals surface area contributed by atoms with Gasteiger partial charge in [-0.1, -0.05) is 18.2 Å². The molecule has 82 valence electrons. The van der Waals surface area contributed by atoms with Crippen LogP contribution in [-0.2, 0) is 10.0 Å². The lowest BCUT2D eigenvalue weighted by atomic mass is 10.2. The second-order valence-corrected chi connectivity index (χ2v) is 4.95. The highest BCUT2D eigenvalue weighted by Gasteiger charge is 2.15. The van der Waals surface area contributed by atoms with Gasteiger partial charge >= 0.3 is 0 Å². The van der Waals surface area contributed by atoms with Crippen molar-refractivity contribution in [2.24, 2.45) is 5.73 Å². The number of thiocarbonyl (C=S) groups is 1. The van der Waals surface area contributed by atoms with Gasteiger partial charge in [-0.05, 0) is 30.8 Å². The number of sulfonamides is 1. The molecule has 1 aromatic rings. The zero-order valence-electron chi connectivity index (χ0n) is 8.02. The standard InChI is InChI=1S/C8H11N3O2S2/c1-6-4-2-3-5-7(6)15(12,13)11-10-8(9)14/h2-5,11H,1H3,(H3,9,10,14). The van der Waals surface area contributed by atoms with E-state index in [9.17, 15) is 8.42 Å². The maximum absolute atomic E-state index is 11.7. The minimum absolute atomic E-state index is 0.132. The Labute approximate surface area is 93.7 Å². The average Bonchev–Trinajstić information content (AvgIpc) is 2.15. The topological polar surface area (TPSA) is 84.2 Å². The highest BCUT2D eigenvalue weighted by atomic mass is 32.2. The van der Waals surface area contributed by atoms with E-state index in [1.54, 1.807) is 25.1 Å². The summed E-state index contributed by atoms with van der Waals surface area (Å²) in [6, 6.07) is 6.60. The molecule has 0 fully saturated rings. The summed E-state index contributed by atoms with van der Waals surface area (Å²) in [5.74, 6) is 0. The van der Waals surface area contributed by atoms with Crippen LogP contribution >= 0.6 is 12.2 Å². The molecule has 15 heavy (non-hydrogen) atoms. The van der Waals surface area contributed by atoms with Gasteiger partial charge in [-0.3, -0.25) is 5.43 Å². The van der Waals surface area contributed by atoms with Crippen LogP contribution < -0.4 is 16.0 Å². The highest BCUT2D eigenvalue weighted by Crippen LogP contribution is 2.12. The predicted molar refractivity (Wildman–Crippen MR) is 61.4 cm³/mol. The molecule has 0 heterocycles. The molecular weight excluding hydrogens is 234 g/mol. The van der Waals surface area contributed by atoms with Gasteiger partial charge in [0.25, 0.3) is 10.0 Å². The number of hydrogen-bond acceptors (Lipinski definition) is 3. The molecule has 0 saturated carbocycles. The molecule has 0 bridgehead atoms. The lowest BCUT2D eigenvalue weighted by molar-refractivity contribution is 0.577. The van der Waals surface area contributed by atoms with E-state index in [4.69, 9.17) is 5.73 Å². The van der Waals surface area contributed by atoms with E-state index in [0.29, 0.717) is 5.56 Å². The second kappa shape index (κ2) is 4.56. The van der Waals surface area contributed by atoms with Crippen LogP contribution in [0.1, 0.15) is 5.56 Å². The van der Waals surface area contributed by atoms with Gasteiger partial charge < -0.3 is 5.73 Å². The Balaban J connectivity index is 2.97. The first-order valence-electron chi connectivity index (χ1n) is 4.06. The smallest absolute Gasteiger partial charge is 0.257 e. The number of hydrazine groups is 1. The molecule has 0 aliphatic carbocycles. The van der Waals surface area contributed by atoms with Gasteiger partial charge in [0.15, 0.2) is 5.11 Å². The summed E-state index contributed by atoms with van der Waals surface area (Å²) < 4.78 is 23.3. The Bertz CT molecular complexity index is 471. The third-order valence-electron chi connectivity index (χ3n) is 1.69. The fraction of sp³-hybridized carbons (Fsp3) is 0.125. The van der Waals surface area contributed by atoms with E-state index in [2.05, 4.69) is 22.5 Å². The number of hydrogen-bond donors (Lipinski definition) is 3. The van der Waals surface area contributed by atoms with Gasteiger partial charge in [-0.2, -0.15) is 0 Å². The van der Waals surface area contributed by atoms with Crippen molar-refractivity contribution in [3.63, 3.8) is 0 Å². The summed E-state index contributed by atoms with van der Waals surface area (Å²) in [4.78, 5) is 2.26. The van der Waals surface area contributed by atoms with E-state index >= 15 is 0 Å². The van der Waals surface area contributed by atoms with Gasteiger partial charge in [-0.15, -0.1) is 4.83 Å². The number of nitrogens with one attached hydrogen (secondary N) is 2. The lowest BCUT2D eigenvalue weighted by Crippen LogP contribution is -2.44. The molecular formula is C8H11N3O2S2. The molecule has 0 radical (unpaired) electrons. The SMILES string of the molecule is Cc1ccccc1S(=O)(=O)NNC(N)=S. The van der Waals surface area contributed by atoms with Crippen molar-refractivity contribution in [3.8, 4) is 0 Å². The van der Waals surface area contributed by atoms with Gasteiger partial charge in [-0.25, -0.2) is 8.42 Å². The second-order valence-electron chi connectivity index (χ2n) is 2.86. The highest BCUT2D eigenvalue weighted by molar-refractivity contribution is 7.89. The molecule has 0 saturated heterocycles. The normalized spacial score (nSPS) is 11.0. The Hall–Kier alpha value is -1.18. The monoisotopic (exact) mass is 245 g/mol. The Morgan fingerprint density at radius 2 is 2.00 bits per heavy atom. The Kier molecular flexibility index (Phi) is 3.61. The van der Waals surface area contributed by atoms with Crippen LogP contribution in [0.3, 0.4) is 0 Å². The van der Waals surface area contributed by atoms with Crippen LogP contribution in [0.15, 0.2) is 29.2 Å². The molecule has 0 unspecified atom stereocenters. The quantitative estimate of drug-likeness (QED) is 0.516. The maximum atomic E-state index is 11.7. The third-order valence-corrected chi connectivity index (χ3v) is 3.20. The Morgan fingerprint density at radius 3 is 2.53 bits per heavy atom. The summed E-state index contributed by atoms with van der Waals surface area (Å²) in [6.07, 6.45) is 0. The number of nitrogens with two attached hydrogens (primary N) is 1. The van der Waals surface area contributed by atoms with Crippen molar-refractivity contribution in [3.05, 3.63) is 29.8 Å². The predicted octanol–water partition coefficient (Wildman–Crippen LogP) is 0.0215. The third kappa shape index (κ3) is 3.15. The van der Waals surface area contributed by atoms with E-state index in [-0.39, 0.29) is 10.0 Å². The molecule has 0 aliphatic rings. The first-order chi connectivity index (χ1) is 6.93. The maximum Gasteiger partial charge on any atom is 0.257 e. The summed E-state index contributed by atoms with van der Waals surface area (Å²) in [5, 5.41) is -0.132. The van der Waals surface area contributed by atoms with E-state index in [1.165, 1.54) is 6.07 Å². The fourth-order valence-corrected chi connectivity index (χ4v) is 2.25. The molecule has 0 spiro atoms. The Morgan fingerprint density at radius 1 is 1.40 bits per heavy atom. The summed E-state index contributed by atoms with van der Waals surface area (Å²) in [5.41, 5.74) is 7.94. The van der Waals surface area contributed by atoms with E-state index < -0.39 is 10.0 Å². The van der Waals surface area contributed by atoms with Crippen molar-refractivity contribution in [1.29, 1.82) is 0 Å². The van der Waals surface area contributed by atoms with Crippen LogP contribution in [0, 0.1) is 6.92 Å². The van der Waals surface area contributed by atoms with Gasteiger partial charge in [0.2, 0.25) is 0 Å². The zero-order valence-corrected chi connectivity index (χ0v) is 9.65. The first-order valence-corrected chi connectivity index (χ1v) is 5.95. The largest absolute Gasteiger partial charge is 0.375 e.